The topological polar surface area (TPSA) is 113 Å². The Morgan fingerprint density at radius 2 is 1.88 bits per heavy atom. The number of carbonyl (C=O) groups excluding carboxylic acids is 3. The number of rotatable bonds is 5. The van der Waals surface area contributed by atoms with Gasteiger partial charge in [-0.2, -0.15) is 0 Å². The Morgan fingerprint density at radius 1 is 1.17 bits per heavy atom. The van der Waals surface area contributed by atoms with E-state index in [1.54, 1.807) is 18.2 Å². The van der Waals surface area contributed by atoms with Gasteiger partial charge in [-0.3, -0.25) is 14.9 Å². The number of hydrogen-bond acceptors (Lipinski definition) is 4. The van der Waals surface area contributed by atoms with Crippen molar-refractivity contribution in [3.05, 3.63) is 29.3 Å². The molecule has 0 heterocycles. The fourth-order valence-corrected chi connectivity index (χ4v) is 2.88. The molecule has 0 aliphatic heterocycles. The summed E-state index contributed by atoms with van der Waals surface area (Å²) in [5, 5.41) is 7.97. The number of hydrogen-bond donors (Lipinski definition) is 4. The van der Waals surface area contributed by atoms with Gasteiger partial charge in [0.1, 0.15) is 0 Å². The van der Waals surface area contributed by atoms with Crippen molar-refractivity contribution >= 4 is 23.5 Å². The molecule has 0 bridgehead atoms. The number of benzene rings is 1. The fraction of sp³-hybridized carbons (Fsp3) is 0.471. The lowest BCUT2D eigenvalue weighted by Crippen LogP contribution is -2.38. The van der Waals surface area contributed by atoms with Crippen LogP contribution >= 0.6 is 0 Å². The van der Waals surface area contributed by atoms with Gasteiger partial charge in [-0.05, 0) is 43.5 Å². The summed E-state index contributed by atoms with van der Waals surface area (Å²) in [5.41, 5.74) is 7.05. The van der Waals surface area contributed by atoms with E-state index in [0.717, 1.165) is 24.1 Å². The molecule has 1 aromatic carbocycles. The van der Waals surface area contributed by atoms with Crippen LogP contribution in [0, 0.1) is 6.92 Å². The van der Waals surface area contributed by atoms with Crippen LogP contribution in [0.15, 0.2) is 18.2 Å². The summed E-state index contributed by atoms with van der Waals surface area (Å²) in [6.45, 7) is 1.78. The molecule has 1 aromatic rings. The highest BCUT2D eigenvalue weighted by Gasteiger charge is 2.17. The molecule has 0 radical (unpaired) electrons. The normalized spacial score (nSPS) is 14.7. The van der Waals surface area contributed by atoms with Gasteiger partial charge >= 0.3 is 6.03 Å². The first-order chi connectivity index (χ1) is 11.5. The molecule has 5 N–H and O–H groups in total. The minimum absolute atomic E-state index is 0.0666. The van der Waals surface area contributed by atoms with Crippen molar-refractivity contribution in [3.8, 4) is 0 Å². The Hall–Kier alpha value is -2.57. The Kier molecular flexibility index (Phi) is 6.17. The van der Waals surface area contributed by atoms with Gasteiger partial charge in [0, 0.05) is 17.3 Å². The number of aryl methyl sites for hydroxylation is 1. The zero-order valence-corrected chi connectivity index (χ0v) is 13.9. The Bertz CT molecular complexity index is 624. The molecule has 24 heavy (non-hydrogen) atoms. The standard InChI is InChI=1S/C17H24N4O3/c1-11-9-12(16(23)20-13-5-3-2-4-6-13)7-8-14(11)19-10-15(22)21-17(18)24/h7-9,13,19H,2-6,10H2,1H3,(H,20,23)(H3,18,21,22,24). The van der Waals surface area contributed by atoms with Crippen LogP contribution in [-0.4, -0.2) is 30.4 Å². The molecular weight excluding hydrogens is 308 g/mol. The van der Waals surface area contributed by atoms with Crippen LogP contribution in [0.3, 0.4) is 0 Å². The van der Waals surface area contributed by atoms with Crippen molar-refractivity contribution in [2.45, 2.75) is 45.1 Å². The molecule has 1 fully saturated rings. The molecule has 1 aliphatic carbocycles. The molecule has 0 aromatic heterocycles. The molecule has 7 nitrogen and oxygen atoms in total. The monoisotopic (exact) mass is 332 g/mol. The van der Waals surface area contributed by atoms with E-state index < -0.39 is 11.9 Å². The third kappa shape index (κ3) is 5.26. The first-order valence-corrected chi connectivity index (χ1v) is 8.20. The summed E-state index contributed by atoms with van der Waals surface area (Å²) in [6.07, 6.45) is 5.66. The number of nitrogens with two attached hydrogens (primary N) is 1. The van der Waals surface area contributed by atoms with E-state index >= 15 is 0 Å². The zero-order chi connectivity index (χ0) is 17.5. The van der Waals surface area contributed by atoms with E-state index in [-0.39, 0.29) is 18.5 Å². The van der Waals surface area contributed by atoms with Crippen LogP contribution in [0.5, 0.6) is 0 Å². The first-order valence-electron chi connectivity index (χ1n) is 8.20. The summed E-state index contributed by atoms with van der Waals surface area (Å²) >= 11 is 0. The summed E-state index contributed by atoms with van der Waals surface area (Å²) in [5.74, 6) is -0.580. The Labute approximate surface area is 141 Å². The third-order valence-electron chi connectivity index (χ3n) is 4.13. The fourth-order valence-electron chi connectivity index (χ4n) is 2.88. The van der Waals surface area contributed by atoms with Crippen LogP contribution in [0.4, 0.5) is 10.5 Å². The lowest BCUT2D eigenvalue weighted by molar-refractivity contribution is -0.118. The van der Waals surface area contributed by atoms with Crippen LogP contribution in [0.2, 0.25) is 0 Å². The maximum absolute atomic E-state index is 12.3. The minimum atomic E-state index is -0.881. The quantitative estimate of drug-likeness (QED) is 0.656. The summed E-state index contributed by atoms with van der Waals surface area (Å²) in [7, 11) is 0. The number of anilines is 1. The lowest BCUT2D eigenvalue weighted by atomic mass is 9.95. The van der Waals surface area contributed by atoms with Crippen LogP contribution in [0.1, 0.15) is 48.0 Å². The maximum Gasteiger partial charge on any atom is 0.318 e. The number of imide groups is 1. The first kappa shape index (κ1) is 17.8. The van der Waals surface area contributed by atoms with Crippen molar-refractivity contribution < 1.29 is 14.4 Å². The maximum atomic E-state index is 12.3. The van der Waals surface area contributed by atoms with Crippen molar-refractivity contribution in [2.24, 2.45) is 5.73 Å². The molecule has 2 rings (SSSR count). The van der Waals surface area contributed by atoms with Gasteiger partial charge in [0.25, 0.3) is 5.91 Å². The highest BCUT2D eigenvalue weighted by Crippen LogP contribution is 2.19. The molecule has 0 saturated heterocycles. The lowest BCUT2D eigenvalue weighted by Gasteiger charge is -2.23. The minimum Gasteiger partial charge on any atom is -0.376 e. The van der Waals surface area contributed by atoms with E-state index in [1.807, 2.05) is 12.2 Å². The molecule has 130 valence electrons. The number of nitrogens with one attached hydrogen (secondary N) is 3. The average Bonchev–Trinajstić information content (AvgIpc) is 2.54. The van der Waals surface area contributed by atoms with Gasteiger partial charge in [0.15, 0.2) is 0 Å². The van der Waals surface area contributed by atoms with Gasteiger partial charge in [-0.25, -0.2) is 4.79 Å². The smallest absolute Gasteiger partial charge is 0.318 e. The second-order valence-electron chi connectivity index (χ2n) is 6.10. The van der Waals surface area contributed by atoms with E-state index in [2.05, 4.69) is 10.6 Å². The highest BCUT2D eigenvalue weighted by atomic mass is 16.2. The molecule has 1 saturated carbocycles. The van der Waals surface area contributed by atoms with Crippen LogP contribution < -0.4 is 21.7 Å². The number of urea groups is 1. The van der Waals surface area contributed by atoms with Crippen molar-refractivity contribution in [1.29, 1.82) is 0 Å². The van der Waals surface area contributed by atoms with Crippen molar-refractivity contribution in [3.63, 3.8) is 0 Å². The number of amides is 4. The Balaban J connectivity index is 1.92. The van der Waals surface area contributed by atoms with Gasteiger partial charge in [-0.1, -0.05) is 19.3 Å². The molecule has 7 heteroatoms. The van der Waals surface area contributed by atoms with E-state index in [0.29, 0.717) is 5.56 Å². The van der Waals surface area contributed by atoms with E-state index in [9.17, 15) is 14.4 Å². The zero-order valence-electron chi connectivity index (χ0n) is 13.9. The van der Waals surface area contributed by atoms with Gasteiger partial charge in [0.05, 0.1) is 6.54 Å². The predicted octanol–water partition coefficient (Wildman–Crippen LogP) is 1.66. The molecule has 1 aliphatic rings. The summed E-state index contributed by atoms with van der Waals surface area (Å²) < 4.78 is 0. The van der Waals surface area contributed by atoms with Crippen LogP contribution in [-0.2, 0) is 4.79 Å². The van der Waals surface area contributed by atoms with Gasteiger partial charge in [-0.15, -0.1) is 0 Å². The summed E-state index contributed by atoms with van der Waals surface area (Å²) in [6, 6.07) is 4.64. The van der Waals surface area contributed by atoms with Gasteiger partial charge < -0.3 is 16.4 Å². The van der Waals surface area contributed by atoms with Crippen molar-refractivity contribution in [2.75, 3.05) is 11.9 Å². The molecule has 4 amide bonds. The second kappa shape index (κ2) is 8.33. The van der Waals surface area contributed by atoms with Crippen molar-refractivity contribution in [1.82, 2.24) is 10.6 Å². The molecular formula is C17H24N4O3. The van der Waals surface area contributed by atoms with Crippen LogP contribution in [0.25, 0.3) is 0 Å². The third-order valence-corrected chi connectivity index (χ3v) is 4.13. The molecule has 0 unspecified atom stereocenters. The number of primary amides is 1. The number of carbonyl (C=O) groups is 3. The molecule has 0 atom stereocenters. The second-order valence-corrected chi connectivity index (χ2v) is 6.10. The Morgan fingerprint density at radius 3 is 2.50 bits per heavy atom. The average molecular weight is 332 g/mol. The molecule has 0 spiro atoms. The van der Waals surface area contributed by atoms with Gasteiger partial charge in [0.2, 0.25) is 5.91 Å². The largest absolute Gasteiger partial charge is 0.376 e. The summed E-state index contributed by atoms with van der Waals surface area (Å²) in [4.78, 5) is 34.3. The predicted molar refractivity (Wildman–Crippen MR) is 91.7 cm³/mol. The SMILES string of the molecule is Cc1cc(C(=O)NC2CCCCC2)ccc1NCC(=O)NC(N)=O. The van der Waals surface area contributed by atoms with E-state index in [4.69, 9.17) is 5.73 Å². The van der Waals surface area contributed by atoms with E-state index in [1.165, 1.54) is 19.3 Å². The highest BCUT2D eigenvalue weighted by molar-refractivity contribution is 5.96.